The van der Waals surface area contributed by atoms with E-state index in [-0.39, 0.29) is 123 Å². The maximum absolute atomic E-state index is 15.1. The third-order valence-corrected chi connectivity index (χ3v) is 21.9. The maximum Gasteiger partial charge on any atom is 0.360 e. The predicted octanol–water partition coefficient (Wildman–Crippen LogP) is 20.6. The topological polar surface area (TPSA) is 528 Å². The van der Waals surface area contributed by atoms with Crippen LogP contribution in [0.25, 0.3) is 139 Å². The van der Waals surface area contributed by atoms with Crippen molar-refractivity contribution in [2.45, 2.75) is 0 Å². The third kappa shape index (κ3) is 19.6. The second-order valence-corrected chi connectivity index (χ2v) is 30.6. The number of rotatable bonds is 16. The summed E-state index contributed by atoms with van der Waals surface area (Å²) in [7, 11) is 8.11. The number of H-pyrrole nitrogens is 5. The number of halogens is 15. The molecule has 0 unspecified atom stereocenters. The van der Waals surface area contributed by atoms with Gasteiger partial charge in [-0.25, -0.2) is 117 Å². The lowest BCUT2D eigenvalue weighted by molar-refractivity contribution is 0.0582. The average molecular weight is 2010 g/mol. The van der Waals surface area contributed by atoms with Gasteiger partial charge in [0.1, 0.15) is 50.8 Å². The van der Waals surface area contributed by atoms with Crippen LogP contribution in [0.1, 0.15) is 68.5 Å². The van der Waals surface area contributed by atoms with E-state index in [4.69, 9.17) is 99.5 Å². The van der Waals surface area contributed by atoms with Crippen LogP contribution in [0.5, 0.6) is 5.75 Å². The summed E-state index contributed by atoms with van der Waals surface area (Å²) in [5.74, 6) is -17.0. The van der Waals surface area contributed by atoms with Crippen LogP contribution in [0.15, 0.2) is 168 Å². The zero-order chi connectivity index (χ0) is 102. The monoisotopic (exact) mass is 2010 g/mol. The molecule has 0 bridgehead atoms. The van der Waals surface area contributed by atoms with Crippen LogP contribution in [0.4, 0.5) is 82.5 Å². The molecular formula is C92H64Cl4F11N19O14. The SMILES string of the molecule is C=C(F)c1c(C(=O)O)nc(-c2ccc3cc[nH]c3c2F)c(F)c1N.COC(=O)c1nc(-c2ccc3cc[nH]c3c2F)c(F)c(N)c1Cl.COC(=O)c1nc(-c2ccc3cc[nH]c3c2F)c(F)c(N=CN(C)C)c1Cl.COC(=O)c1nc(-c2ccc3ccoc3c2F)nc(N)c1OC.Nc1c(F)c(-c2cc(F)c3[nH]ccc3c2)nc(C(=O)O)c1Cl.Nc1c(F)c(-c2ccc3cc[nH]c3c2)nc(C(=O)O)c1Cl. The fourth-order valence-corrected chi connectivity index (χ4v) is 14.5. The second-order valence-electron chi connectivity index (χ2n) is 29.1. The number of aromatic amines is 5. The molecule has 0 saturated carbocycles. The molecule has 33 nitrogen and oxygen atoms in total. The van der Waals surface area contributed by atoms with Crippen LogP contribution in [-0.4, -0.2) is 165 Å². The van der Waals surface area contributed by atoms with Gasteiger partial charge in [0.05, 0.1) is 112 Å². The number of furan rings is 1. The van der Waals surface area contributed by atoms with Gasteiger partial charge in [-0.05, 0) is 84.2 Å². The number of anilines is 5. The number of esters is 3. The molecule has 18 rings (SSSR count). The fraction of sp³-hybridized carbons (Fsp3) is 0.0652. The van der Waals surface area contributed by atoms with Crippen molar-refractivity contribution in [1.82, 2.24) is 64.7 Å². The van der Waals surface area contributed by atoms with E-state index in [9.17, 15) is 72.7 Å². The fourth-order valence-electron chi connectivity index (χ4n) is 13.7. The summed E-state index contributed by atoms with van der Waals surface area (Å²) < 4.78 is 182. The van der Waals surface area contributed by atoms with Crippen LogP contribution in [0.3, 0.4) is 0 Å². The molecular weight excluding hydrogens is 1950 g/mol. The number of nitrogens with two attached hydrogens (primary N) is 5. The van der Waals surface area contributed by atoms with E-state index in [1.54, 1.807) is 104 Å². The summed E-state index contributed by atoms with van der Waals surface area (Å²) >= 11 is 23.3. The molecule has 6 aromatic carbocycles. The molecule has 0 amide bonds. The summed E-state index contributed by atoms with van der Waals surface area (Å²) in [6.45, 7) is 2.93. The number of ether oxygens (including phenoxy) is 4. The van der Waals surface area contributed by atoms with E-state index in [0.717, 1.165) is 31.2 Å². The van der Waals surface area contributed by atoms with Gasteiger partial charge in [0.25, 0.3) is 0 Å². The van der Waals surface area contributed by atoms with Crippen LogP contribution in [0, 0.1) is 58.2 Å². The molecule has 0 fully saturated rings. The number of nitrogens with zero attached hydrogens (tertiary/aromatic N) is 9. The molecule has 12 aromatic heterocycles. The lowest BCUT2D eigenvalue weighted by atomic mass is 10.0. The molecule has 140 heavy (non-hydrogen) atoms. The quantitative estimate of drug-likeness (QED) is 0.0140. The zero-order valence-corrected chi connectivity index (χ0v) is 75.2. The van der Waals surface area contributed by atoms with Gasteiger partial charge in [-0.1, -0.05) is 89.4 Å². The Morgan fingerprint density at radius 2 is 0.814 bits per heavy atom. The Hall–Kier alpha value is -17.4. The summed E-state index contributed by atoms with van der Waals surface area (Å²) in [5, 5.41) is 29.5. The minimum absolute atomic E-state index is 0.0277. The van der Waals surface area contributed by atoms with E-state index in [0.29, 0.717) is 32.5 Å². The lowest BCUT2D eigenvalue weighted by Crippen LogP contribution is -2.12. The van der Waals surface area contributed by atoms with Gasteiger partial charge in [-0.2, -0.15) is 0 Å². The van der Waals surface area contributed by atoms with Gasteiger partial charge < -0.3 is 97.2 Å². The molecule has 0 radical (unpaired) electrons. The third-order valence-electron chi connectivity index (χ3n) is 20.4. The summed E-state index contributed by atoms with van der Waals surface area (Å²) in [6, 6.07) is 29.5. The van der Waals surface area contributed by atoms with Crippen molar-refractivity contribution in [1.29, 1.82) is 0 Å². The number of methoxy groups -OCH3 is 4. The molecule has 48 heteroatoms. The van der Waals surface area contributed by atoms with Crippen LogP contribution in [0.2, 0.25) is 20.1 Å². The van der Waals surface area contributed by atoms with E-state index in [2.05, 4.69) is 85.6 Å². The standard InChI is InChI=1S/C18H15ClF2N4O2.C16H10F3N3O2.C15H10ClF2N3O2.C15H12FN3O4.C14H8ClF2N3O2.C14H9ClFN3O2/c1-25(2)8-23-16-11(19)17(18(26)27-3)24-15(13(16)21)10-5-4-9-6-7-22-14(9)12(10)20;1-6(17)9-12(20)11(19)14(22-15(9)16(23)24)8-3-2-7-4-5-21-13(7)10(8)18;1-23-15(22)14-8(16)11(19)10(18)13(21-14)7-3-2-6-4-5-20-12(6)9(7)17;1-21-12-10(15(20)22-2)18-14(19-13(12)17)8-4-3-7-5-6-23-11(7)9(8)16;15-8-10(18)9(17)12(20-13(8)14(21)22)6-3-5-1-2-19-11(5)7(16)4-6;15-9-11(17)10(16)12(19-13(9)14(20)21)7-2-1-6-3-4-18-8(6)5-7/h4-8,22H,1-3H3;2-5,21H,1H2,(H2,20,22)(H,23,24);2-5,20H,1H3,(H2,19,21);3-6H,1-2H3,(H2,17,18,19);1-4,19H,(H2,18,20)(H,21,22);1-5,18H,(H2,17,19)(H,20,21). The number of benzene rings is 6. The number of nitrogen functional groups attached to an aromatic ring is 5. The molecule has 0 atom stereocenters. The highest BCUT2D eigenvalue weighted by Crippen LogP contribution is 2.44. The number of hydrogen-bond acceptors (Lipinski definition) is 24. The van der Waals surface area contributed by atoms with Gasteiger partial charge in [0.15, 0.2) is 109 Å². The number of carbonyl (C=O) groups is 6. The van der Waals surface area contributed by atoms with Crippen LogP contribution in [-0.2, 0) is 14.2 Å². The Bertz CT molecular complexity index is 8140. The van der Waals surface area contributed by atoms with Gasteiger partial charge in [0.2, 0.25) is 0 Å². The normalized spacial score (nSPS) is 11.0. The first-order chi connectivity index (χ1) is 66.6. The highest BCUT2D eigenvalue weighted by molar-refractivity contribution is 6.37. The number of pyridine rings is 5. The van der Waals surface area contributed by atoms with Crippen molar-refractivity contribution in [3.63, 3.8) is 0 Å². The first-order valence-electron chi connectivity index (χ1n) is 39.4. The molecule has 0 aliphatic rings. The summed E-state index contributed by atoms with van der Waals surface area (Å²) in [6.07, 6.45) is 10.6. The van der Waals surface area contributed by atoms with Crippen molar-refractivity contribution >= 4 is 194 Å². The largest absolute Gasteiger partial charge is 0.491 e. The number of carbonyl (C=O) groups excluding carboxylic acids is 3. The Labute approximate surface area is 797 Å². The molecule has 0 aliphatic heterocycles. The number of fused-ring (bicyclic) bond motifs is 6. The van der Waals surface area contributed by atoms with E-state index < -0.39 is 167 Å². The first-order valence-corrected chi connectivity index (χ1v) is 40.9. The Morgan fingerprint density at radius 3 is 1.29 bits per heavy atom. The second kappa shape index (κ2) is 41.4. The van der Waals surface area contributed by atoms with Crippen molar-refractivity contribution in [3.05, 3.63) is 277 Å². The Balaban J connectivity index is 0.000000142. The lowest BCUT2D eigenvalue weighted by Gasteiger charge is -2.12. The number of nitrogens with one attached hydrogen (secondary N) is 5. The van der Waals surface area contributed by atoms with Gasteiger partial charge >= 0.3 is 35.8 Å². The highest BCUT2D eigenvalue weighted by atomic mass is 35.5. The Morgan fingerprint density at radius 1 is 0.414 bits per heavy atom. The molecule has 0 saturated heterocycles. The summed E-state index contributed by atoms with van der Waals surface area (Å²) in [5.41, 5.74) is 21.3. The highest BCUT2D eigenvalue weighted by Gasteiger charge is 2.33. The zero-order valence-electron chi connectivity index (χ0n) is 72.1. The van der Waals surface area contributed by atoms with Crippen molar-refractivity contribution < 1.29 is 116 Å². The molecule has 716 valence electrons. The molecule has 0 spiro atoms. The van der Waals surface area contributed by atoms with E-state index in [1.807, 2.05) is 6.07 Å². The maximum atomic E-state index is 15.1. The predicted molar refractivity (Wildman–Crippen MR) is 500 cm³/mol. The van der Waals surface area contributed by atoms with Crippen molar-refractivity contribution in [3.8, 4) is 73.4 Å². The number of aliphatic imine (C=N–C) groups is 1. The van der Waals surface area contributed by atoms with Crippen LogP contribution < -0.4 is 33.4 Å². The minimum atomic E-state index is -1.64. The van der Waals surface area contributed by atoms with E-state index >= 15 is 4.39 Å². The number of carboxylic acids is 3. The number of carboxylic acid groups (broad SMARTS) is 3. The first kappa shape index (κ1) is 100. The molecule has 0 aliphatic carbocycles. The summed E-state index contributed by atoms with van der Waals surface area (Å²) in [4.78, 5) is 115. The minimum Gasteiger partial charge on any atom is -0.491 e. The van der Waals surface area contributed by atoms with E-state index in [1.165, 1.54) is 75.6 Å². The van der Waals surface area contributed by atoms with Crippen molar-refractivity contribution in [2.75, 3.05) is 71.2 Å². The van der Waals surface area contributed by atoms with Gasteiger partial charge in [0, 0.05) is 105 Å². The average Bonchev–Trinajstić information content (AvgIpc) is 1.40. The molecule has 12 heterocycles. The number of aromatic nitrogens is 12. The Kier molecular flexibility index (Phi) is 29.6. The van der Waals surface area contributed by atoms with Crippen LogP contribution >= 0.6 is 46.4 Å². The van der Waals surface area contributed by atoms with Crippen molar-refractivity contribution in [2.24, 2.45) is 4.99 Å². The van der Waals surface area contributed by atoms with Gasteiger partial charge in [-0.15, -0.1) is 0 Å². The smallest absolute Gasteiger partial charge is 0.360 e. The molecule has 18 aromatic rings. The molecule has 18 N–H and O–H groups in total. The van der Waals surface area contributed by atoms with Gasteiger partial charge in [-0.3, -0.25) is 0 Å². The number of aromatic carboxylic acids is 3. The number of hydrogen-bond donors (Lipinski definition) is 13.